The number of nitrogens with zero attached hydrogens (tertiary/aromatic N) is 1. The van der Waals surface area contributed by atoms with Crippen LogP contribution in [0.4, 0.5) is 0 Å². The SMILES string of the molecule is Cc1ccc(C(CC(C#N)O[Si](C)(C)C)O[Si](C)(C)C)cc1. The van der Waals surface area contributed by atoms with Crippen LogP contribution in [0.15, 0.2) is 24.3 Å². The summed E-state index contributed by atoms with van der Waals surface area (Å²) >= 11 is 0. The normalized spacial score (nSPS) is 15.2. The Morgan fingerprint density at radius 3 is 1.86 bits per heavy atom. The van der Waals surface area contributed by atoms with Gasteiger partial charge < -0.3 is 8.85 Å². The number of hydrogen-bond acceptors (Lipinski definition) is 3. The van der Waals surface area contributed by atoms with Gasteiger partial charge in [-0.25, -0.2) is 0 Å². The van der Waals surface area contributed by atoms with Gasteiger partial charge in [-0.2, -0.15) is 5.26 Å². The quantitative estimate of drug-likeness (QED) is 0.657. The van der Waals surface area contributed by atoms with E-state index >= 15 is 0 Å². The van der Waals surface area contributed by atoms with Gasteiger partial charge in [0.25, 0.3) is 0 Å². The van der Waals surface area contributed by atoms with Gasteiger partial charge in [-0.05, 0) is 51.8 Å². The average Bonchev–Trinajstić information content (AvgIpc) is 2.34. The number of rotatable bonds is 7. The lowest BCUT2D eigenvalue weighted by molar-refractivity contribution is 0.129. The highest BCUT2D eigenvalue weighted by Gasteiger charge is 2.28. The Morgan fingerprint density at radius 1 is 0.955 bits per heavy atom. The highest BCUT2D eigenvalue weighted by Crippen LogP contribution is 2.28. The van der Waals surface area contributed by atoms with Crippen LogP contribution in [0.25, 0.3) is 0 Å². The third-order valence-corrected chi connectivity index (χ3v) is 5.00. The second kappa shape index (κ2) is 7.56. The maximum atomic E-state index is 9.43. The van der Waals surface area contributed by atoms with E-state index in [4.69, 9.17) is 8.85 Å². The van der Waals surface area contributed by atoms with E-state index < -0.39 is 22.7 Å². The van der Waals surface area contributed by atoms with Crippen molar-refractivity contribution in [2.24, 2.45) is 0 Å². The molecule has 0 radical (unpaired) electrons. The molecule has 0 aliphatic heterocycles. The maximum absolute atomic E-state index is 9.43. The van der Waals surface area contributed by atoms with E-state index in [1.54, 1.807) is 0 Å². The van der Waals surface area contributed by atoms with Crippen LogP contribution in [-0.4, -0.2) is 22.7 Å². The van der Waals surface area contributed by atoms with E-state index in [0.29, 0.717) is 6.42 Å². The standard InChI is InChI=1S/C17H29NO2Si2/c1-14-8-10-15(11-9-14)17(20-22(5,6)7)12-16(13-18)19-21(2,3)4/h8-11,16-17H,12H2,1-7H3. The first kappa shape index (κ1) is 19.1. The van der Waals surface area contributed by atoms with E-state index in [2.05, 4.69) is 76.5 Å². The molecule has 3 nitrogen and oxygen atoms in total. The van der Waals surface area contributed by atoms with Gasteiger partial charge in [0.15, 0.2) is 16.6 Å². The monoisotopic (exact) mass is 335 g/mol. The van der Waals surface area contributed by atoms with Crippen molar-refractivity contribution >= 4 is 16.6 Å². The summed E-state index contributed by atoms with van der Waals surface area (Å²) in [6.45, 7) is 14.9. The molecular formula is C17H29NO2Si2. The van der Waals surface area contributed by atoms with Crippen LogP contribution in [0, 0.1) is 18.3 Å². The molecule has 122 valence electrons. The Labute approximate surface area is 137 Å². The zero-order chi connectivity index (χ0) is 17.0. The van der Waals surface area contributed by atoms with Gasteiger partial charge in [0.2, 0.25) is 0 Å². The van der Waals surface area contributed by atoms with Crippen LogP contribution < -0.4 is 0 Å². The molecule has 0 N–H and O–H groups in total. The predicted octanol–water partition coefficient (Wildman–Crippen LogP) is 5.02. The first-order valence-corrected chi connectivity index (χ1v) is 14.6. The second-order valence-electron chi connectivity index (χ2n) is 7.71. The summed E-state index contributed by atoms with van der Waals surface area (Å²) in [6.07, 6.45) is 0.108. The minimum atomic E-state index is -1.74. The maximum Gasteiger partial charge on any atom is 0.185 e. The lowest BCUT2D eigenvalue weighted by Gasteiger charge is -2.30. The van der Waals surface area contributed by atoms with Gasteiger partial charge in [0.05, 0.1) is 12.2 Å². The topological polar surface area (TPSA) is 42.2 Å². The molecule has 1 rings (SSSR count). The zero-order valence-electron chi connectivity index (χ0n) is 14.9. The van der Waals surface area contributed by atoms with Crippen molar-refractivity contribution in [2.75, 3.05) is 0 Å². The van der Waals surface area contributed by atoms with Crippen molar-refractivity contribution in [1.29, 1.82) is 5.26 Å². The molecule has 0 aromatic heterocycles. The summed E-state index contributed by atoms with van der Waals surface area (Å²) < 4.78 is 12.3. The molecule has 2 atom stereocenters. The minimum absolute atomic E-state index is 0.0757. The summed E-state index contributed by atoms with van der Waals surface area (Å²) in [5.74, 6) is 0. The molecule has 5 heteroatoms. The second-order valence-corrected chi connectivity index (χ2v) is 16.6. The molecule has 0 spiro atoms. The van der Waals surface area contributed by atoms with Crippen LogP contribution in [-0.2, 0) is 8.85 Å². The zero-order valence-corrected chi connectivity index (χ0v) is 16.9. The average molecular weight is 336 g/mol. The molecule has 2 unspecified atom stereocenters. The summed E-state index contributed by atoms with van der Waals surface area (Å²) in [4.78, 5) is 0. The molecule has 0 aliphatic rings. The first-order chi connectivity index (χ1) is 10.00. The van der Waals surface area contributed by atoms with Gasteiger partial charge in [-0.3, -0.25) is 0 Å². The highest BCUT2D eigenvalue weighted by atomic mass is 28.4. The third-order valence-electron chi connectivity index (χ3n) is 3.01. The fourth-order valence-corrected chi connectivity index (χ4v) is 4.30. The number of aryl methyl sites for hydroxylation is 1. The van der Waals surface area contributed by atoms with E-state index in [-0.39, 0.29) is 6.10 Å². The van der Waals surface area contributed by atoms with Crippen molar-refractivity contribution in [3.8, 4) is 6.07 Å². The minimum Gasteiger partial charge on any atom is -0.411 e. The Bertz CT molecular complexity index is 509. The van der Waals surface area contributed by atoms with Crippen LogP contribution in [0.1, 0.15) is 23.7 Å². The van der Waals surface area contributed by atoms with Crippen LogP contribution in [0.2, 0.25) is 39.3 Å². The van der Waals surface area contributed by atoms with Crippen molar-refractivity contribution in [1.82, 2.24) is 0 Å². The molecule has 0 saturated carbocycles. The lowest BCUT2D eigenvalue weighted by Crippen LogP contribution is -2.34. The van der Waals surface area contributed by atoms with Gasteiger partial charge in [0.1, 0.15) is 6.10 Å². The first-order valence-electron chi connectivity index (χ1n) is 7.82. The number of hydrogen-bond donors (Lipinski definition) is 0. The van der Waals surface area contributed by atoms with Gasteiger partial charge in [-0.1, -0.05) is 29.8 Å². The molecule has 0 bridgehead atoms. The van der Waals surface area contributed by atoms with Gasteiger partial charge >= 0.3 is 0 Å². The van der Waals surface area contributed by atoms with E-state index in [1.165, 1.54) is 5.56 Å². The summed E-state index contributed by atoms with van der Waals surface area (Å²) in [5, 5.41) is 9.43. The summed E-state index contributed by atoms with van der Waals surface area (Å²) in [6, 6.07) is 10.7. The highest BCUT2D eigenvalue weighted by molar-refractivity contribution is 6.70. The Morgan fingerprint density at radius 2 is 1.45 bits per heavy atom. The fourth-order valence-electron chi connectivity index (χ4n) is 2.21. The Balaban J connectivity index is 2.95. The van der Waals surface area contributed by atoms with Gasteiger partial charge in [0, 0.05) is 6.42 Å². The van der Waals surface area contributed by atoms with Crippen LogP contribution in [0.3, 0.4) is 0 Å². The molecule has 0 saturated heterocycles. The molecule has 0 fully saturated rings. The molecule has 1 aromatic rings. The lowest BCUT2D eigenvalue weighted by atomic mass is 10.0. The molecule has 0 amide bonds. The fraction of sp³-hybridized carbons (Fsp3) is 0.588. The predicted molar refractivity (Wildman–Crippen MR) is 96.8 cm³/mol. The Hall–Kier alpha value is -0.936. The summed E-state index contributed by atoms with van der Waals surface area (Å²) in [5.41, 5.74) is 2.36. The molecule has 0 heterocycles. The Kier molecular flexibility index (Phi) is 6.56. The molecule has 0 aliphatic carbocycles. The van der Waals surface area contributed by atoms with Crippen LogP contribution >= 0.6 is 0 Å². The van der Waals surface area contributed by atoms with E-state index in [0.717, 1.165) is 5.56 Å². The number of nitriles is 1. The summed E-state index contributed by atoms with van der Waals surface area (Å²) in [7, 11) is -3.45. The van der Waals surface area contributed by atoms with Crippen molar-refractivity contribution in [3.05, 3.63) is 35.4 Å². The molecular weight excluding hydrogens is 306 g/mol. The van der Waals surface area contributed by atoms with Crippen molar-refractivity contribution in [3.63, 3.8) is 0 Å². The largest absolute Gasteiger partial charge is 0.411 e. The molecule has 1 aromatic carbocycles. The third kappa shape index (κ3) is 7.36. The smallest absolute Gasteiger partial charge is 0.185 e. The van der Waals surface area contributed by atoms with Gasteiger partial charge in [-0.15, -0.1) is 0 Å². The van der Waals surface area contributed by atoms with Crippen molar-refractivity contribution < 1.29 is 8.85 Å². The number of benzene rings is 1. The van der Waals surface area contributed by atoms with E-state index in [9.17, 15) is 5.26 Å². The molecule has 22 heavy (non-hydrogen) atoms. The van der Waals surface area contributed by atoms with E-state index in [1.807, 2.05) is 0 Å². The van der Waals surface area contributed by atoms with Crippen molar-refractivity contribution in [2.45, 2.75) is 64.8 Å². The van der Waals surface area contributed by atoms with Crippen LogP contribution in [0.5, 0.6) is 0 Å².